The molecule has 6 nitrogen and oxygen atoms in total. The minimum atomic E-state index is -0.873. The number of carbonyl (C=O) groups excluding carboxylic acids is 1. The van der Waals surface area contributed by atoms with Crippen LogP contribution in [-0.4, -0.2) is 33.1 Å². The minimum absolute atomic E-state index is 0.0260. The smallest absolute Gasteiger partial charge is 0.303 e. The number of aryl methyl sites for hydroxylation is 1. The van der Waals surface area contributed by atoms with Crippen molar-refractivity contribution >= 4 is 22.9 Å². The molecule has 2 aromatic rings. The number of hydrogen-bond acceptors (Lipinski definition) is 3. The summed E-state index contributed by atoms with van der Waals surface area (Å²) < 4.78 is 2.02. The first-order valence-electron chi connectivity index (χ1n) is 6.97. The fourth-order valence-corrected chi connectivity index (χ4v) is 2.22. The highest BCUT2D eigenvalue weighted by Crippen LogP contribution is 2.14. The van der Waals surface area contributed by atoms with Crippen LogP contribution < -0.4 is 5.32 Å². The normalized spacial score (nSPS) is 10.7. The Kier molecular flexibility index (Phi) is 4.92. The Morgan fingerprint density at radius 2 is 2.05 bits per heavy atom. The lowest BCUT2D eigenvalue weighted by atomic mass is 10.2. The van der Waals surface area contributed by atoms with E-state index in [4.69, 9.17) is 5.11 Å². The Morgan fingerprint density at radius 3 is 2.76 bits per heavy atom. The number of hydrogen-bond donors (Lipinski definition) is 2. The van der Waals surface area contributed by atoms with Gasteiger partial charge in [0.1, 0.15) is 5.82 Å². The van der Waals surface area contributed by atoms with Crippen LogP contribution in [0.2, 0.25) is 0 Å². The number of rotatable bonds is 7. The zero-order valence-electron chi connectivity index (χ0n) is 12.0. The highest BCUT2D eigenvalue weighted by molar-refractivity contribution is 5.77. The molecule has 0 bridgehead atoms. The van der Waals surface area contributed by atoms with Gasteiger partial charge in [-0.15, -0.1) is 0 Å². The molecule has 0 saturated carbocycles. The average Bonchev–Trinajstić information content (AvgIpc) is 2.76. The lowest BCUT2D eigenvalue weighted by molar-refractivity contribution is -0.137. The predicted molar refractivity (Wildman–Crippen MR) is 78.9 cm³/mol. The van der Waals surface area contributed by atoms with Crippen molar-refractivity contribution in [2.45, 2.75) is 25.7 Å². The minimum Gasteiger partial charge on any atom is -0.481 e. The molecular formula is C15H19N3O3. The van der Waals surface area contributed by atoms with Gasteiger partial charge in [-0.1, -0.05) is 12.1 Å². The third kappa shape index (κ3) is 4.05. The van der Waals surface area contributed by atoms with Crippen molar-refractivity contribution in [3.63, 3.8) is 0 Å². The second-order valence-corrected chi connectivity index (χ2v) is 4.92. The number of aromatic nitrogens is 2. The van der Waals surface area contributed by atoms with Crippen molar-refractivity contribution in [1.29, 1.82) is 0 Å². The lowest BCUT2D eigenvalue weighted by Gasteiger charge is -2.05. The van der Waals surface area contributed by atoms with E-state index < -0.39 is 5.97 Å². The second-order valence-electron chi connectivity index (χ2n) is 4.92. The maximum atomic E-state index is 11.5. The van der Waals surface area contributed by atoms with E-state index in [1.165, 1.54) is 0 Å². The van der Waals surface area contributed by atoms with Gasteiger partial charge in [-0.2, -0.15) is 0 Å². The second kappa shape index (κ2) is 6.88. The van der Waals surface area contributed by atoms with E-state index >= 15 is 0 Å². The quantitative estimate of drug-likeness (QED) is 0.808. The van der Waals surface area contributed by atoms with Crippen LogP contribution in [0.5, 0.6) is 0 Å². The predicted octanol–water partition coefficient (Wildman–Crippen LogP) is 1.49. The van der Waals surface area contributed by atoms with E-state index in [9.17, 15) is 9.59 Å². The molecule has 0 spiro atoms. The number of aliphatic carboxylic acids is 1. The van der Waals surface area contributed by atoms with Crippen molar-refractivity contribution in [3.05, 3.63) is 30.1 Å². The third-order valence-electron chi connectivity index (χ3n) is 3.35. The first-order valence-corrected chi connectivity index (χ1v) is 6.97. The number of carboxylic acids is 1. The average molecular weight is 289 g/mol. The highest BCUT2D eigenvalue weighted by Gasteiger charge is 2.08. The summed E-state index contributed by atoms with van der Waals surface area (Å²) in [7, 11) is 1.96. The van der Waals surface area contributed by atoms with E-state index in [0.717, 1.165) is 16.9 Å². The maximum absolute atomic E-state index is 11.5. The monoisotopic (exact) mass is 289 g/mol. The first-order chi connectivity index (χ1) is 10.1. The topological polar surface area (TPSA) is 84.2 Å². The van der Waals surface area contributed by atoms with Crippen molar-refractivity contribution in [2.24, 2.45) is 7.05 Å². The molecule has 0 unspecified atom stereocenters. The highest BCUT2D eigenvalue weighted by atomic mass is 16.4. The van der Waals surface area contributed by atoms with Crippen LogP contribution in [0.25, 0.3) is 11.0 Å². The number of benzene rings is 1. The zero-order valence-corrected chi connectivity index (χ0v) is 12.0. The molecular weight excluding hydrogens is 270 g/mol. The molecule has 0 aliphatic heterocycles. The molecule has 2 N–H and O–H groups in total. The van der Waals surface area contributed by atoms with Gasteiger partial charge in [0.2, 0.25) is 5.91 Å². The molecule has 0 aliphatic rings. The first kappa shape index (κ1) is 15.0. The molecule has 1 aromatic heterocycles. The Hall–Kier alpha value is -2.37. The van der Waals surface area contributed by atoms with Crippen molar-refractivity contribution in [1.82, 2.24) is 14.9 Å². The summed E-state index contributed by atoms with van der Waals surface area (Å²) >= 11 is 0. The molecule has 112 valence electrons. The third-order valence-corrected chi connectivity index (χ3v) is 3.35. The van der Waals surface area contributed by atoms with E-state index in [0.29, 0.717) is 19.4 Å². The molecule has 0 aliphatic carbocycles. The van der Waals surface area contributed by atoms with Crippen LogP contribution in [0.1, 0.15) is 25.1 Å². The van der Waals surface area contributed by atoms with E-state index in [1.807, 2.05) is 35.9 Å². The Balaban J connectivity index is 1.81. The molecule has 1 amide bonds. The standard InChI is InChI=1S/C15H19N3O3/c1-18-12-6-3-2-5-11(12)17-13(18)9-10-16-14(19)7-4-8-15(20)21/h2-3,5-6H,4,7-10H2,1H3,(H,16,19)(H,20,21). The summed E-state index contributed by atoms with van der Waals surface area (Å²) in [6.07, 6.45) is 1.29. The van der Waals surface area contributed by atoms with Gasteiger partial charge >= 0.3 is 5.97 Å². The number of para-hydroxylation sites is 2. The van der Waals surface area contributed by atoms with E-state index in [1.54, 1.807) is 0 Å². The molecule has 0 atom stereocenters. The fraction of sp³-hybridized carbons (Fsp3) is 0.400. The summed E-state index contributed by atoms with van der Waals surface area (Å²) in [5.41, 5.74) is 2.02. The van der Waals surface area contributed by atoms with E-state index in [2.05, 4.69) is 10.3 Å². The van der Waals surface area contributed by atoms with Crippen LogP contribution in [-0.2, 0) is 23.1 Å². The summed E-state index contributed by atoms with van der Waals surface area (Å²) in [5, 5.41) is 11.3. The molecule has 1 aromatic carbocycles. The number of imidazole rings is 1. The van der Waals surface area contributed by atoms with Gasteiger partial charge in [0.05, 0.1) is 11.0 Å². The Bertz CT molecular complexity index is 649. The van der Waals surface area contributed by atoms with E-state index in [-0.39, 0.29) is 18.7 Å². The van der Waals surface area contributed by atoms with Gasteiger partial charge in [0.25, 0.3) is 0 Å². The van der Waals surface area contributed by atoms with Gasteiger partial charge in [0, 0.05) is 32.9 Å². The fourth-order valence-electron chi connectivity index (χ4n) is 2.22. The molecule has 0 radical (unpaired) electrons. The molecule has 2 rings (SSSR count). The van der Waals surface area contributed by atoms with Crippen molar-refractivity contribution in [3.8, 4) is 0 Å². The molecule has 21 heavy (non-hydrogen) atoms. The van der Waals surface area contributed by atoms with Gasteiger partial charge in [-0.3, -0.25) is 9.59 Å². The number of fused-ring (bicyclic) bond motifs is 1. The van der Waals surface area contributed by atoms with Gasteiger partial charge in [-0.25, -0.2) is 4.98 Å². The summed E-state index contributed by atoms with van der Waals surface area (Å²) in [4.78, 5) is 26.4. The van der Waals surface area contributed by atoms with Crippen LogP contribution >= 0.6 is 0 Å². The summed E-state index contributed by atoms with van der Waals surface area (Å²) in [6.45, 7) is 0.503. The molecule has 0 fully saturated rings. The summed E-state index contributed by atoms with van der Waals surface area (Å²) in [5.74, 6) is -0.0699. The molecule has 6 heteroatoms. The van der Waals surface area contributed by atoms with Gasteiger partial charge in [0.15, 0.2) is 0 Å². The van der Waals surface area contributed by atoms with Gasteiger partial charge in [-0.05, 0) is 18.6 Å². The maximum Gasteiger partial charge on any atom is 0.303 e. The molecule has 0 saturated heterocycles. The van der Waals surface area contributed by atoms with Crippen LogP contribution in [0, 0.1) is 0 Å². The number of nitrogens with zero attached hydrogens (tertiary/aromatic N) is 2. The largest absolute Gasteiger partial charge is 0.481 e. The van der Waals surface area contributed by atoms with Gasteiger partial charge < -0.3 is 15.0 Å². The number of nitrogens with one attached hydrogen (secondary N) is 1. The Morgan fingerprint density at radius 1 is 1.29 bits per heavy atom. The zero-order chi connectivity index (χ0) is 15.2. The van der Waals surface area contributed by atoms with Crippen molar-refractivity contribution < 1.29 is 14.7 Å². The molecule has 1 heterocycles. The number of amides is 1. The summed E-state index contributed by atoms with van der Waals surface area (Å²) in [6, 6.07) is 7.89. The number of carboxylic acid groups (broad SMARTS) is 1. The SMILES string of the molecule is Cn1c(CCNC(=O)CCCC(=O)O)nc2ccccc21. The van der Waals surface area contributed by atoms with Crippen LogP contribution in [0.3, 0.4) is 0 Å². The Labute approximate surface area is 122 Å². The van der Waals surface area contributed by atoms with Crippen molar-refractivity contribution in [2.75, 3.05) is 6.54 Å². The lowest BCUT2D eigenvalue weighted by Crippen LogP contribution is -2.26. The van der Waals surface area contributed by atoms with Crippen LogP contribution in [0.4, 0.5) is 0 Å². The number of carbonyl (C=O) groups is 2. The van der Waals surface area contributed by atoms with Crippen LogP contribution in [0.15, 0.2) is 24.3 Å².